The third-order valence-electron chi connectivity index (χ3n) is 2.81. The van der Waals surface area contributed by atoms with Crippen LogP contribution in [0.5, 0.6) is 0 Å². The Morgan fingerprint density at radius 3 is 2.58 bits per heavy atom. The number of rotatable bonds is 3. The number of nitrogens with two attached hydrogens (primary N) is 1. The van der Waals surface area contributed by atoms with Gasteiger partial charge in [-0.25, -0.2) is 4.39 Å². The summed E-state index contributed by atoms with van der Waals surface area (Å²) in [5.41, 5.74) is 7.83. The minimum atomic E-state index is -0.279. The molecule has 0 spiro atoms. The minimum Gasteiger partial charge on any atom is -0.324 e. The lowest BCUT2D eigenvalue weighted by Crippen LogP contribution is -2.14. The van der Waals surface area contributed by atoms with Crippen LogP contribution >= 0.6 is 43.5 Å². The van der Waals surface area contributed by atoms with Crippen LogP contribution in [0, 0.1) is 5.82 Å². The monoisotopic (exact) mass is 405 g/mol. The standard InChI is InChI=1S/C14H11Br2ClFN/c15-9-1-3-11(13(17)7-9)14(19)6-8-5-10(18)2-4-12(8)16/h1-5,7,14H,6,19H2. The molecule has 2 rings (SSSR count). The molecule has 0 aromatic heterocycles. The molecule has 0 saturated heterocycles. The highest BCUT2D eigenvalue weighted by molar-refractivity contribution is 9.10. The fourth-order valence-corrected chi connectivity index (χ4v) is 3.07. The molecule has 0 aliphatic heterocycles. The molecule has 2 aromatic rings. The molecule has 1 unspecified atom stereocenters. The van der Waals surface area contributed by atoms with Crippen LogP contribution in [0.15, 0.2) is 45.3 Å². The maximum atomic E-state index is 13.2. The fraction of sp³-hybridized carbons (Fsp3) is 0.143. The fourth-order valence-electron chi connectivity index (χ4n) is 1.85. The quantitative estimate of drug-likeness (QED) is 0.739. The van der Waals surface area contributed by atoms with Gasteiger partial charge in [-0.3, -0.25) is 0 Å². The van der Waals surface area contributed by atoms with Crippen molar-refractivity contribution in [1.29, 1.82) is 0 Å². The third-order valence-corrected chi connectivity index (χ3v) is 4.40. The van der Waals surface area contributed by atoms with Gasteiger partial charge in [0.05, 0.1) is 0 Å². The highest BCUT2D eigenvalue weighted by Gasteiger charge is 2.13. The van der Waals surface area contributed by atoms with Crippen molar-refractivity contribution in [3.63, 3.8) is 0 Å². The Morgan fingerprint density at radius 2 is 1.89 bits per heavy atom. The topological polar surface area (TPSA) is 26.0 Å². The highest BCUT2D eigenvalue weighted by atomic mass is 79.9. The molecule has 0 heterocycles. The Balaban J connectivity index is 2.25. The molecule has 2 N–H and O–H groups in total. The van der Waals surface area contributed by atoms with Crippen molar-refractivity contribution in [1.82, 2.24) is 0 Å². The van der Waals surface area contributed by atoms with Gasteiger partial charge in [0, 0.05) is 20.0 Å². The molecule has 0 bridgehead atoms. The molecular weight excluding hydrogens is 396 g/mol. The van der Waals surface area contributed by atoms with Crippen molar-refractivity contribution in [2.75, 3.05) is 0 Å². The molecule has 0 radical (unpaired) electrons. The van der Waals surface area contributed by atoms with E-state index in [0.717, 1.165) is 20.1 Å². The lowest BCUT2D eigenvalue weighted by molar-refractivity contribution is 0.621. The van der Waals surface area contributed by atoms with Crippen molar-refractivity contribution in [2.45, 2.75) is 12.5 Å². The van der Waals surface area contributed by atoms with Gasteiger partial charge in [0.1, 0.15) is 5.82 Å². The van der Waals surface area contributed by atoms with Gasteiger partial charge in [-0.1, -0.05) is 49.5 Å². The van der Waals surface area contributed by atoms with Gasteiger partial charge in [0.15, 0.2) is 0 Å². The second-order valence-electron chi connectivity index (χ2n) is 4.21. The minimum absolute atomic E-state index is 0.271. The van der Waals surface area contributed by atoms with Crippen LogP contribution in [0.4, 0.5) is 4.39 Å². The molecule has 0 amide bonds. The lowest BCUT2D eigenvalue weighted by atomic mass is 9.99. The molecular formula is C14H11Br2ClFN. The van der Waals surface area contributed by atoms with E-state index >= 15 is 0 Å². The van der Waals surface area contributed by atoms with Crippen LogP contribution in [0.3, 0.4) is 0 Å². The molecule has 1 atom stereocenters. The average Bonchev–Trinajstić information content (AvgIpc) is 2.33. The Kier molecular flexibility index (Phi) is 5.01. The van der Waals surface area contributed by atoms with E-state index in [2.05, 4.69) is 31.9 Å². The first-order chi connectivity index (χ1) is 8.97. The second kappa shape index (κ2) is 6.35. The van der Waals surface area contributed by atoms with E-state index in [9.17, 15) is 4.39 Å². The van der Waals surface area contributed by atoms with E-state index in [4.69, 9.17) is 17.3 Å². The maximum absolute atomic E-state index is 13.2. The van der Waals surface area contributed by atoms with Crippen molar-refractivity contribution in [3.8, 4) is 0 Å². The van der Waals surface area contributed by atoms with Gasteiger partial charge < -0.3 is 5.73 Å². The van der Waals surface area contributed by atoms with E-state index in [1.807, 2.05) is 12.1 Å². The first kappa shape index (κ1) is 15.0. The molecule has 0 aliphatic rings. The van der Waals surface area contributed by atoms with Crippen LogP contribution in [-0.4, -0.2) is 0 Å². The van der Waals surface area contributed by atoms with Crippen molar-refractivity contribution in [3.05, 3.63) is 67.3 Å². The summed E-state index contributed by atoms with van der Waals surface area (Å²) in [6.07, 6.45) is 0.514. The van der Waals surface area contributed by atoms with E-state index in [1.54, 1.807) is 12.1 Å². The highest BCUT2D eigenvalue weighted by Crippen LogP contribution is 2.29. The Bertz CT molecular complexity index is 604. The van der Waals surface area contributed by atoms with Gasteiger partial charge >= 0.3 is 0 Å². The van der Waals surface area contributed by atoms with E-state index < -0.39 is 0 Å². The van der Waals surface area contributed by atoms with Crippen LogP contribution < -0.4 is 5.73 Å². The summed E-state index contributed by atoms with van der Waals surface area (Å²) in [6.45, 7) is 0. The normalized spacial score (nSPS) is 12.5. The summed E-state index contributed by atoms with van der Waals surface area (Å²) >= 11 is 12.9. The zero-order valence-electron chi connectivity index (χ0n) is 9.84. The summed E-state index contributed by atoms with van der Waals surface area (Å²) in [6, 6.07) is 9.87. The smallest absolute Gasteiger partial charge is 0.123 e. The van der Waals surface area contributed by atoms with Crippen LogP contribution in [0.25, 0.3) is 0 Å². The molecule has 100 valence electrons. The summed E-state index contributed by atoms with van der Waals surface area (Å²) in [7, 11) is 0. The van der Waals surface area contributed by atoms with E-state index in [0.29, 0.717) is 11.4 Å². The predicted molar refractivity (Wildman–Crippen MR) is 83.9 cm³/mol. The molecule has 0 fully saturated rings. The molecule has 2 aromatic carbocycles. The van der Waals surface area contributed by atoms with Crippen LogP contribution in [0.1, 0.15) is 17.2 Å². The van der Waals surface area contributed by atoms with Gasteiger partial charge in [-0.05, 0) is 47.9 Å². The number of hydrogen-bond acceptors (Lipinski definition) is 1. The third kappa shape index (κ3) is 3.78. The number of benzene rings is 2. The Morgan fingerprint density at radius 1 is 1.16 bits per heavy atom. The van der Waals surface area contributed by atoms with Crippen molar-refractivity contribution in [2.24, 2.45) is 5.73 Å². The average molecular weight is 408 g/mol. The Labute approximate surface area is 133 Å². The summed E-state index contributed by atoms with van der Waals surface area (Å²) in [5.74, 6) is -0.271. The second-order valence-corrected chi connectivity index (χ2v) is 6.39. The largest absolute Gasteiger partial charge is 0.324 e. The summed E-state index contributed by atoms with van der Waals surface area (Å²) < 4.78 is 15.0. The summed E-state index contributed by atoms with van der Waals surface area (Å²) in [5, 5.41) is 0.606. The van der Waals surface area contributed by atoms with Gasteiger partial charge in [0.2, 0.25) is 0 Å². The summed E-state index contributed by atoms with van der Waals surface area (Å²) in [4.78, 5) is 0. The molecule has 0 aliphatic carbocycles. The maximum Gasteiger partial charge on any atom is 0.123 e. The molecule has 1 nitrogen and oxygen atoms in total. The molecule has 19 heavy (non-hydrogen) atoms. The zero-order valence-corrected chi connectivity index (χ0v) is 13.8. The first-order valence-corrected chi connectivity index (χ1v) is 7.58. The first-order valence-electron chi connectivity index (χ1n) is 5.62. The van der Waals surface area contributed by atoms with Crippen molar-refractivity contribution >= 4 is 43.5 Å². The zero-order chi connectivity index (χ0) is 14.0. The van der Waals surface area contributed by atoms with Gasteiger partial charge in [0.25, 0.3) is 0 Å². The van der Waals surface area contributed by atoms with Crippen molar-refractivity contribution < 1.29 is 4.39 Å². The Hall–Kier alpha value is -0.420. The molecule has 0 saturated carbocycles. The van der Waals surface area contributed by atoms with Gasteiger partial charge in [-0.2, -0.15) is 0 Å². The van der Waals surface area contributed by atoms with E-state index in [1.165, 1.54) is 12.1 Å². The lowest BCUT2D eigenvalue weighted by Gasteiger charge is -2.15. The van der Waals surface area contributed by atoms with Crippen LogP contribution in [0.2, 0.25) is 5.02 Å². The number of halogens is 4. The van der Waals surface area contributed by atoms with E-state index in [-0.39, 0.29) is 11.9 Å². The predicted octanol–water partition coefficient (Wildman–Crippen LogP) is 5.25. The molecule has 5 heteroatoms. The SMILES string of the molecule is NC(Cc1cc(F)ccc1Br)c1ccc(Br)cc1Cl. The number of hydrogen-bond donors (Lipinski definition) is 1. The van der Waals surface area contributed by atoms with Gasteiger partial charge in [-0.15, -0.1) is 0 Å². The van der Waals surface area contributed by atoms with Crippen LogP contribution in [-0.2, 0) is 6.42 Å².